The Bertz CT molecular complexity index is 778. The summed E-state index contributed by atoms with van der Waals surface area (Å²) >= 11 is 0. The quantitative estimate of drug-likeness (QED) is 0.778. The first kappa shape index (κ1) is 12.6. The van der Waals surface area contributed by atoms with Crippen LogP contribution in [0.25, 0.3) is 22.2 Å². The van der Waals surface area contributed by atoms with E-state index in [0.29, 0.717) is 5.69 Å². The molecule has 0 aliphatic carbocycles. The van der Waals surface area contributed by atoms with Crippen LogP contribution in [-0.2, 0) is 14.1 Å². The second-order valence-corrected chi connectivity index (χ2v) is 4.95. The zero-order valence-corrected chi connectivity index (χ0v) is 12.1. The summed E-state index contributed by atoms with van der Waals surface area (Å²) in [6.07, 6.45) is 1.68. The number of benzene rings is 1. The van der Waals surface area contributed by atoms with Gasteiger partial charge in [-0.2, -0.15) is 5.10 Å². The van der Waals surface area contributed by atoms with Crippen LogP contribution in [0.1, 0.15) is 5.69 Å². The maximum absolute atomic E-state index is 6.10. The van der Waals surface area contributed by atoms with Gasteiger partial charge in [0, 0.05) is 25.4 Å². The summed E-state index contributed by atoms with van der Waals surface area (Å²) < 4.78 is 9.49. The third kappa shape index (κ3) is 1.52. The number of nitrogen functional groups attached to an aromatic ring is 1. The normalized spacial score (nSPS) is 11.2. The molecule has 2 heterocycles. The molecule has 0 saturated carbocycles. The standard InChI is InChI=1S/C15H18N4O/c1-9-13(15-10(16)8-17-19(15)3)14-11(18(9)2)6-5-7-12(14)20-4/h5-8H,16H2,1-4H3. The van der Waals surface area contributed by atoms with Crippen molar-refractivity contribution in [1.29, 1.82) is 0 Å². The summed E-state index contributed by atoms with van der Waals surface area (Å²) in [7, 11) is 5.64. The van der Waals surface area contributed by atoms with Crippen molar-refractivity contribution < 1.29 is 4.74 Å². The van der Waals surface area contributed by atoms with Crippen molar-refractivity contribution in [3.63, 3.8) is 0 Å². The van der Waals surface area contributed by atoms with Gasteiger partial charge in [-0.15, -0.1) is 0 Å². The Morgan fingerprint density at radius 3 is 2.60 bits per heavy atom. The van der Waals surface area contributed by atoms with E-state index in [0.717, 1.165) is 33.6 Å². The van der Waals surface area contributed by atoms with E-state index in [1.54, 1.807) is 13.3 Å². The molecule has 0 spiro atoms. The van der Waals surface area contributed by atoms with Gasteiger partial charge < -0.3 is 15.0 Å². The maximum Gasteiger partial charge on any atom is 0.128 e. The molecule has 0 unspecified atom stereocenters. The lowest BCUT2D eigenvalue weighted by atomic mass is 10.1. The molecule has 104 valence electrons. The molecule has 0 aliphatic heterocycles. The predicted molar refractivity (Wildman–Crippen MR) is 80.8 cm³/mol. The number of methoxy groups -OCH3 is 1. The molecule has 0 aliphatic rings. The van der Waals surface area contributed by atoms with E-state index in [2.05, 4.69) is 22.7 Å². The lowest BCUT2D eigenvalue weighted by Crippen LogP contribution is -1.98. The van der Waals surface area contributed by atoms with Crippen LogP contribution in [0.3, 0.4) is 0 Å². The fourth-order valence-electron chi connectivity index (χ4n) is 2.80. The van der Waals surface area contributed by atoms with Gasteiger partial charge in [0.2, 0.25) is 0 Å². The number of aromatic nitrogens is 3. The minimum atomic E-state index is 0.675. The number of hydrogen-bond donors (Lipinski definition) is 1. The summed E-state index contributed by atoms with van der Waals surface area (Å²) in [6, 6.07) is 6.05. The Morgan fingerprint density at radius 1 is 1.25 bits per heavy atom. The molecule has 0 saturated heterocycles. The van der Waals surface area contributed by atoms with Crippen LogP contribution in [0.2, 0.25) is 0 Å². The first-order chi connectivity index (χ1) is 9.56. The van der Waals surface area contributed by atoms with Gasteiger partial charge in [-0.3, -0.25) is 4.68 Å². The van der Waals surface area contributed by atoms with E-state index < -0.39 is 0 Å². The highest BCUT2D eigenvalue weighted by Crippen LogP contribution is 2.40. The van der Waals surface area contributed by atoms with Crippen LogP contribution >= 0.6 is 0 Å². The van der Waals surface area contributed by atoms with Gasteiger partial charge in [0.15, 0.2) is 0 Å². The van der Waals surface area contributed by atoms with Gasteiger partial charge in [-0.05, 0) is 19.1 Å². The minimum absolute atomic E-state index is 0.675. The maximum atomic E-state index is 6.10. The average Bonchev–Trinajstić information content (AvgIpc) is 2.90. The van der Waals surface area contributed by atoms with E-state index in [1.807, 2.05) is 30.9 Å². The molecule has 1 aromatic carbocycles. The number of anilines is 1. The first-order valence-electron chi connectivity index (χ1n) is 6.46. The Balaban J connectivity index is 2.50. The number of rotatable bonds is 2. The van der Waals surface area contributed by atoms with Crippen LogP contribution in [0.5, 0.6) is 5.75 Å². The van der Waals surface area contributed by atoms with E-state index in [9.17, 15) is 0 Å². The first-order valence-corrected chi connectivity index (χ1v) is 6.46. The Kier molecular flexibility index (Phi) is 2.71. The zero-order chi connectivity index (χ0) is 14.4. The molecule has 5 nitrogen and oxygen atoms in total. The Morgan fingerprint density at radius 2 is 2.00 bits per heavy atom. The van der Waals surface area contributed by atoms with Gasteiger partial charge in [0.1, 0.15) is 5.75 Å². The zero-order valence-electron chi connectivity index (χ0n) is 12.1. The van der Waals surface area contributed by atoms with E-state index in [4.69, 9.17) is 10.5 Å². The fourth-order valence-corrected chi connectivity index (χ4v) is 2.80. The molecule has 0 radical (unpaired) electrons. The Labute approximate surface area is 117 Å². The summed E-state index contributed by atoms with van der Waals surface area (Å²) in [5.74, 6) is 0.849. The SMILES string of the molecule is COc1cccc2c1c(-c1c(N)cnn1C)c(C)n2C. The van der Waals surface area contributed by atoms with Crippen molar-refractivity contribution in [1.82, 2.24) is 14.3 Å². The van der Waals surface area contributed by atoms with E-state index >= 15 is 0 Å². The summed E-state index contributed by atoms with van der Waals surface area (Å²) in [4.78, 5) is 0. The van der Waals surface area contributed by atoms with Crippen molar-refractivity contribution in [2.75, 3.05) is 12.8 Å². The highest BCUT2D eigenvalue weighted by Gasteiger charge is 2.21. The van der Waals surface area contributed by atoms with Gasteiger partial charge in [0.05, 0.1) is 35.6 Å². The largest absolute Gasteiger partial charge is 0.496 e. The van der Waals surface area contributed by atoms with E-state index in [1.165, 1.54) is 0 Å². The summed E-state index contributed by atoms with van der Waals surface area (Å²) in [6.45, 7) is 2.08. The smallest absolute Gasteiger partial charge is 0.128 e. The third-order valence-corrected chi connectivity index (χ3v) is 3.90. The van der Waals surface area contributed by atoms with Gasteiger partial charge in [0.25, 0.3) is 0 Å². The Hall–Kier alpha value is -2.43. The molecule has 3 aromatic rings. The molecular formula is C15H18N4O. The molecule has 0 atom stereocenters. The van der Waals surface area contributed by atoms with Crippen LogP contribution in [0.15, 0.2) is 24.4 Å². The van der Waals surface area contributed by atoms with Crippen LogP contribution in [-0.4, -0.2) is 21.5 Å². The van der Waals surface area contributed by atoms with Crippen molar-refractivity contribution in [2.24, 2.45) is 14.1 Å². The van der Waals surface area contributed by atoms with Crippen LogP contribution in [0, 0.1) is 6.92 Å². The molecular weight excluding hydrogens is 252 g/mol. The van der Waals surface area contributed by atoms with E-state index in [-0.39, 0.29) is 0 Å². The third-order valence-electron chi connectivity index (χ3n) is 3.90. The highest BCUT2D eigenvalue weighted by molar-refractivity contribution is 6.03. The second-order valence-electron chi connectivity index (χ2n) is 4.95. The lowest BCUT2D eigenvalue weighted by molar-refractivity contribution is 0.420. The summed E-state index contributed by atoms with van der Waals surface area (Å²) in [5, 5.41) is 5.32. The van der Waals surface area contributed by atoms with Crippen molar-refractivity contribution in [2.45, 2.75) is 6.92 Å². The van der Waals surface area contributed by atoms with Crippen molar-refractivity contribution >= 4 is 16.6 Å². The van der Waals surface area contributed by atoms with Gasteiger partial charge >= 0.3 is 0 Å². The summed E-state index contributed by atoms with van der Waals surface area (Å²) in [5.41, 5.74) is 11.0. The molecule has 2 N–H and O–H groups in total. The predicted octanol–water partition coefficient (Wildman–Crippen LogP) is 2.48. The molecule has 20 heavy (non-hydrogen) atoms. The lowest BCUT2D eigenvalue weighted by Gasteiger charge is -2.07. The van der Waals surface area contributed by atoms with Crippen molar-refractivity contribution in [3.8, 4) is 17.0 Å². The van der Waals surface area contributed by atoms with Gasteiger partial charge in [-0.25, -0.2) is 0 Å². The topological polar surface area (TPSA) is 58.0 Å². The van der Waals surface area contributed by atoms with Gasteiger partial charge in [-0.1, -0.05) is 6.07 Å². The van der Waals surface area contributed by atoms with Crippen LogP contribution < -0.4 is 10.5 Å². The molecule has 0 amide bonds. The molecule has 0 bridgehead atoms. The highest BCUT2D eigenvalue weighted by atomic mass is 16.5. The number of nitrogens with zero attached hydrogens (tertiary/aromatic N) is 3. The molecule has 0 fully saturated rings. The minimum Gasteiger partial charge on any atom is -0.496 e. The fraction of sp³-hybridized carbons (Fsp3) is 0.267. The van der Waals surface area contributed by atoms with Crippen LogP contribution in [0.4, 0.5) is 5.69 Å². The number of nitrogens with two attached hydrogens (primary N) is 1. The number of aryl methyl sites for hydroxylation is 2. The molecule has 5 heteroatoms. The monoisotopic (exact) mass is 270 g/mol. The average molecular weight is 270 g/mol. The number of ether oxygens (including phenoxy) is 1. The molecule has 3 rings (SSSR count). The number of fused-ring (bicyclic) bond motifs is 1. The van der Waals surface area contributed by atoms with Crippen molar-refractivity contribution in [3.05, 3.63) is 30.1 Å². The second kappa shape index (κ2) is 4.30. The molecule has 2 aromatic heterocycles. The number of hydrogen-bond acceptors (Lipinski definition) is 3.